The number of benzene rings is 2. The van der Waals surface area contributed by atoms with Crippen LogP contribution in [-0.4, -0.2) is 35.9 Å². The molecule has 2 rings (SSSR count). The molecule has 2 aromatic carbocycles. The Hall–Kier alpha value is -1.76. The van der Waals surface area contributed by atoms with Crippen LogP contribution in [0.4, 0.5) is 0 Å². The zero-order valence-electron chi connectivity index (χ0n) is 18.1. The van der Waals surface area contributed by atoms with Gasteiger partial charge in [-0.25, -0.2) is 0 Å². The van der Waals surface area contributed by atoms with E-state index >= 15 is 0 Å². The zero-order chi connectivity index (χ0) is 23.1. The molecule has 0 spiro atoms. The Morgan fingerprint density at radius 3 is 2.29 bits per heavy atom. The Morgan fingerprint density at radius 2 is 1.74 bits per heavy atom. The lowest BCUT2D eigenvalue weighted by Gasteiger charge is -2.30. The lowest BCUT2D eigenvalue weighted by molar-refractivity contribution is -0.142. The van der Waals surface area contributed by atoms with Gasteiger partial charge >= 0.3 is 0 Å². The lowest BCUT2D eigenvalue weighted by Crippen LogP contribution is -2.50. The number of nitrogens with one attached hydrogen (secondary N) is 1. The summed E-state index contributed by atoms with van der Waals surface area (Å²) >= 11 is 15.7. The van der Waals surface area contributed by atoms with E-state index in [0.29, 0.717) is 28.8 Å². The number of halogens is 3. The van der Waals surface area contributed by atoms with E-state index in [0.717, 1.165) is 21.2 Å². The molecule has 0 aliphatic rings. The summed E-state index contributed by atoms with van der Waals surface area (Å²) in [6.07, 6.45) is 0.468. The number of carbonyl (C=O) groups excluding carboxylic acids is 2. The van der Waals surface area contributed by atoms with E-state index in [2.05, 4.69) is 21.2 Å². The Morgan fingerprint density at radius 1 is 1.10 bits per heavy atom. The smallest absolute Gasteiger partial charge is 0.261 e. The number of likely N-dealkylation sites (N-methyl/N-ethyl adjacent to an activating group) is 1. The maximum absolute atomic E-state index is 13.2. The second-order valence-electron chi connectivity index (χ2n) is 7.25. The number of aryl methyl sites for hydroxylation is 2. The Bertz CT molecular complexity index is 929. The minimum atomic E-state index is -0.626. The average molecular weight is 530 g/mol. The molecule has 2 aromatic rings. The normalized spacial score (nSPS) is 11.7. The molecule has 8 heteroatoms. The van der Waals surface area contributed by atoms with Crippen LogP contribution in [0.25, 0.3) is 0 Å². The van der Waals surface area contributed by atoms with Crippen LogP contribution in [0.1, 0.15) is 37.0 Å². The molecule has 0 aromatic heterocycles. The molecular weight excluding hydrogens is 503 g/mol. The van der Waals surface area contributed by atoms with Gasteiger partial charge in [0.1, 0.15) is 11.8 Å². The summed E-state index contributed by atoms with van der Waals surface area (Å²) in [5.41, 5.74) is 2.81. The SMILES string of the molecule is CCNC(=O)C(CC)N(Cc1ccc(Cl)c(Cl)c1)C(=O)COc1cc(C)c(Br)c(C)c1. The van der Waals surface area contributed by atoms with Gasteiger partial charge in [-0.1, -0.05) is 52.1 Å². The number of nitrogens with zero attached hydrogens (tertiary/aromatic N) is 1. The first-order valence-corrected chi connectivity index (χ1v) is 11.6. The third-order valence-electron chi connectivity index (χ3n) is 4.85. The van der Waals surface area contributed by atoms with E-state index in [9.17, 15) is 9.59 Å². The number of amides is 2. The summed E-state index contributed by atoms with van der Waals surface area (Å²) in [5, 5.41) is 3.64. The molecule has 0 saturated heterocycles. The van der Waals surface area contributed by atoms with Crippen molar-refractivity contribution in [3.63, 3.8) is 0 Å². The van der Waals surface area contributed by atoms with Crippen molar-refractivity contribution in [1.82, 2.24) is 10.2 Å². The number of rotatable bonds is 9. The molecule has 1 N–H and O–H groups in total. The van der Waals surface area contributed by atoms with Crippen LogP contribution < -0.4 is 10.1 Å². The highest BCUT2D eigenvalue weighted by molar-refractivity contribution is 9.10. The van der Waals surface area contributed by atoms with Gasteiger partial charge in [0.05, 0.1) is 10.0 Å². The average Bonchev–Trinajstić information content (AvgIpc) is 2.72. The van der Waals surface area contributed by atoms with Crippen molar-refractivity contribution in [2.24, 2.45) is 0 Å². The van der Waals surface area contributed by atoms with Crippen molar-refractivity contribution in [2.45, 2.75) is 46.7 Å². The molecule has 31 heavy (non-hydrogen) atoms. The predicted molar refractivity (Wildman–Crippen MR) is 129 cm³/mol. The van der Waals surface area contributed by atoms with Crippen molar-refractivity contribution < 1.29 is 14.3 Å². The highest BCUT2D eigenvalue weighted by Gasteiger charge is 2.28. The van der Waals surface area contributed by atoms with Gasteiger partial charge in [-0.15, -0.1) is 0 Å². The molecule has 5 nitrogen and oxygen atoms in total. The van der Waals surface area contributed by atoms with Gasteiger partial charge < -0.3 is 15.0 Å². The van der Waals surface area contributed by atoms with Crippen molar-refractivity contribution in [1.29, 1.82) is 0 Å². The third-order valence-corrected chi connectivity index (χ3v) is 6.84. The molecule has 0 aliphatic heterocycles. The molecule has 0 aliphatic carbocycles. The lowest BCUT2D eigenvalue weighted by atomic mass is 10.1. The molecule has 0 bridgehead atoms. The van der Waals surface area contributed by atoms with Gasteiger partial charge in [-0.05, 0) is 68.1 Å². The monoisotopic (exact) mass is 528 g/mol. The highest BCUT2D eigenvalue weighted by Crippen LogP contribution is 2.27. The highest BCUT2D eigenvalue weighted by atomic mass is 79.9. The van der Waals surface area contributed by atoms with Crippen LogP contribution in [0, 0.1) is 13.8 Å². The van der Waals surface area contributed by atoms with Crippen molar-refractivity contribution in [3.8, 4) is 5.75 Å². The van der Waals surface area contributed by atoms with Gasteiger partial charge in [0.15, 0.2) is 6.61 Å². The van der Waals surface area contributed by atoms with Crippen LogP contribution >= 0.6 is 39.1 Å². The first-order valence-electron chi connectivity index (χ1n) is 10.1. The largest absolute Gasteiger partial charge is 0.484 e. The third kappa shape index (κ3) is 6.86. The minimum Gasteiger partial charge on any atom is -0.484 e. The van der Waals surface area contributed by atoms with E-state index in [1.54, 1.807) is 18.2 Å². The standard InChI is InChI=1S/C23H27BrCl2N2O3/c1-5-20(23(30)27-6-2)28(12-16-7-8-18(25)19(26)11-16)21(29)13-31-17-9-14(3)22(24)15(4)10-17/h7-11,20H,5-6,12-13H2,1-4H3,(H,27,30). The summed E-state index contributed by atoms with van der Waals surface area (Å²) < 4.78 is 6.80. The van der Waals surface area contributed by atoms with Gasteiger partial charge in [-0.3, -0.25) is 9.59 Å². The maximum Gasteiger partial charge on any atom is 0.261 e. The van der Waals surface area contributed by atoms with Crippen LogP contribution in [0.2, 0.25) is 10.0 Å². The molecular formula is C23H27BrCl2N2O3. The van der Waals surface area contributed by atoms with Gasteiger partial charge in [0, 0.05) is 17.6 Å². The van der Waals surface area contributed by atoms with E-state index < -0.39 is 6.04 Å². The minimum absolute atomic E-state index is 0.183. The number of hydrogen-bond donors (Lipinski definition) is 1. The van der Waals surface area contributed by atoms with Gasteiger partial charge in [-0.2, -0.15) is 0 Å². The first-order chi connectivity index (χ1) is 14.7. The van der Waals surface area contributed by atoms with E-state index in [1.807, 2.05) is 39.8 Å². The molecule has 1 atom stereocenters. The number of carbonyl (C=O) groups is 2. The number of hydrogen-bond acceptors (Lipinski definition) is 3. The number of ether oxygens (including phenoxy) is 1. The van der Waals surface area contributed by atoms with Crippen LogP contribution in [0.5, 0.6) is 5.75 Å². The molecule has 168 valence electrons. The van der Waals surface area contributed by atoms with E-state index in [-0.39, 0.29) is 25.0 Å². The zero-order valence-corrected chi connectivity index (χ0v) is 21.2. The summed E-state index contributed by atoms with van der Waals surface area (Å²) in [5.74, 6) is 0.114. The predicted octanol–water partition coefficient (Wildman–Crippen LogP) is 5.70. The van der Waals surface area contributed by atoms with Crippen molar-refractivity contribution in [3.05, 3.63) is 61.5 Å². The van der Waals surface area contributed by atoms with Crippen LogP contribution in [-0.2, 0) is 16.1 Å². The molecule has 0 fully saturated rings. The second-order valence-corrected chi connectivity index (χ2v) is 8.86. The fourth-order valence-electron chi connectivity index (χ4n) is 3.26. The van der Waals surface area contributed by atoms with E-state index in [1.165, 1.54) is 4.90 Å². The Labute approximate surface area is 202 Å². The fourth-order valence-corrected chi connectivity index (χ4v) is 3.81. The van der Waals surface area contributed by atoms with Crippen LogP contribution in [0.3, 0.4) is 0 Å². The summed E-state index contributed by atoms with van der Waals surface area (Å²) in [7, 11) is 0. The maximum atomic E-state index is 13.2. The molecule has 2 amide bonds. The Kier molecular flexibility index (Phi) is 9.66. The van der Waals surface area contributed by atoms with Gasteiger partial charge in [0.25, 0.3) is 5.91 Å². The summed E-state index contributed by atoms with van der Waals surface area (Å²) in [6, 6.07) is 8.29. The second kappa shape index (κ2) is 11.7. The Balaban J connectivity index is 2.26. The van der Waals surface area contributed by atoms with Crippen molar-refractivity contribution in [2.75, 3.05) is 13.2 Å². The quantitative estimate of drug-likeness (QED) is 0.453. The summed E-state index contributed by atoms with van der Waals surface area (Å²) in [6.45, 7) is 8.16. The topological polar surface area (TPSA) is 58.6 Å². The molecule has 0 radical (unpaired) electrons. The first kappa shape index (κ1) is 25.5. The van der Waals surface area contributed by atoms with E-state index in [4.69, 9.17) is 27.9 Å². The fraction of sp³-hybridized carbons (Fsp3) is 0.391. The molecule has 0 saturated carbocycles. The van der Waals surface area contributed by atoms with Crippen molar-refractivity contribution >= 4 is 50.9 Å². The molecule has 0 heterocycles. The van der Waals surface area contributed by atoms with Crippen LogP contribution in [0.15, 0.2) is 34.8 Å². The molecule has 1 unspecified atom stereocenters. The summed E-state index contributed by atoms with van der Waals surface area (Å²) in [4.78, 5) is 27.3. The van der Waals surface area contributed by atoms with Gasteiger partial charge in [0.2, 0.25) is 5.91 Å².